The lowest BCUT2D eigenvalue weighted by Gasteiger charge is -2.51. The molecule has 1 aliphatic carbocycles. The highest BCUT2D eigenvalue weighted by atomic mass is 16.5. The van der Waals surface area contributed by atoms with Gasteiger partial charge in [0.05, 0.1) is 6.26 Å². The molecule has 0 aromatic rings. The number of ether oxygens (including phenoxy) is 2. The van der Waals surface area contributed by atoms with Gasteiger partial charge in [0, 0.05) is 25.6 Å². The first kappa shape index (κ1) is 19.0. The van der Waals surface area contributed by atoms with E-state index in [9.17, 15) is 0 Å². The standard InChI is InChI=1S/C16H26O.C2H6O/c1-8-17-16(15(5,6)7)12-10-9-11-13(16)14(2,3)4;1-3-2/h8-13H,1H2,2-7H3;1-2H3. The number of allylic oxidation sites excluding steroid dienone is 2. The highest BCUT2D eigenvalue weighted by molar-refractivity contribution is 5.27. The van der Waals surface area contributed by atoms with Crippen molar-refractivity contribution in [1.82, 2.24) is 0 Å². The molecule has 20 heavy (non-hydrogen) atoms. The molecule has 2 atom stereocenters. The third kappa shape index (κ3) is 4.24. The summed E-state index contributed by atoms with van der Waals surface area (Å²) < 4.78 is 10.2. The van der Waals surface area contributed by atoms with Crippen LogP contribution in [0.1, 0.15) is 41.5 Å². The molecule has 0 bridgehead atoms. The zero-order valence-electron chi connectivity index (χ0n) is 14.5. The van der Waals surface area contributed by atoms with E-state index < -0.39 is 0 Å². The van der Waals surface area contributed by atoms with Gasteiger partial charge in [0.2, 0.25) is 0 Å². The lowest BCUT2D eigenvalue weighted by Crippen LogP contribution is -2.53. The summed E-state index contributed by atoms with van der Waals surface area (Å²) in [6.07, 6.45) is 10.2. The Labute approximate surface area is 125 Å². The van der Waals surface area contributed by atoms with Crippen molar-refractivity contribution in [2.45, 2.75) is 47.1 Å². The molecule has 0 N–H and O–H groups in total. The SMILES string of the molecule is C=COC1(C(C)(C)C)C=CC=CC1C(C)(C)C.COC. The van der Waals surface area contributed by atoms with Gasteiger partial charge in [0.25, 0.3) is 0 Å². The second kappa shape index (κ2) is 7.12. The summed E-state index contributed by atoms with van der Waals surface area (Å²) in [5.41, 5.74) is -0.153. The molecule has 2 nitrogen and oxygen atoms in total. The van der Waals surface area contributed by atoms with Crippen LogP contribution in [0, 0.1) is 16.7 Å². The van der Waals surface area contributed by atoms with Crippen molar-refractivity contribution in [3.05, 3.63) is 37.1 Å². The van der Waals surface area contributed by atoms with E-state index in [4.69, 9.17) is 4.74 Å². The van der Waals surface area contributed by atoms with E-state index in [1.54, 1.807) is 20.5 Å². The zero-order valence-corrected chi connectivity index (χ0v) is 14.5. The average molecular weight is 280 g/mol. The molecule has 116 valence electrons. The first-order valence-corrected chi connectivity index (χ1v) is 7.11. The fourth-order valence-corrected chi connectivity index (χ4v) is 2.70. The molecule has 0 aromatic carbocycles. The van der Waals surface area contributed by atoms with Crippen molar-refractivity contribution >= 4 is 0 Å². The van der Waals surface area contributed by atoms with Gasteiger partial charge in [0.1, 0.15) is 5.60 Å². The Hall–Kier alpha value is -1.02. The maximum Gasteiger partial charge on any atom is 0.138 e. The maximum atomic E-state index is 6.00. The summed E-state index contributed by atoms with van der Waals surface area (Å²) in [7, 11) is 3.25. The predicted molar refractivity (Wildman–Crippen MR) is 87.6 cm³/mol. The summed E-state index contributed by atoms with van der Waals surface area (Å²) in [4.78, 5) is 0. The van der Waals surface area contributed by atoms with E-state index in [1.807, 2.05) is 0 Å². The van der Waals surface area contributed by atoms with Gasteiger partial charge in [-0.2, -0.15) is 0 Å². The van der Waals surface area contributed by atoms with Crippen LogP contribution >= 0.6 is 0 Å². The quantitative estimate of drug-likeness (QED) is 0.664. The van der Waals surface area contributed by atoms with E-state index in [0.29, 0.717) is 5.92 Å². The van der Waals surface area contributed by atoms with Crippen LogP contribution < -0.4 is 0 Å². The topological polar surface area (TPSA) is 18.5 Å². The predicted octanol–water partition coefficient (Wildman–Crippen LogP) is 4.98. The summed E-state index contributed by atoms with van der Waals surface area (Å²) in [6, 6.07) is 0. The Balaban J connectivity index is 0.00000110. The van der Waals surface area contributed by atoms with Gasteiger partial charge >= 0.3 is 0 Å². The van der Waals surface area contributed by atoms with Crippen molar-refractivity contribution in [2.24, 2.45) is 16.7 Å². The molecule has 0 radical (unpaired) electrons. The number of hydrogen-bond acceptors (Lipinski definition) is 2. The maximum absolute atomic E-state index is 6.00. The Morgan fingerprint density at radius 3 is 1.90 bits per heavy atom. The molecule has 2 unspecified atom stereocenters. The molecule has 1 rings (SSSR count). The number of rotatable bonds is 2. The lowest BCUT2D eigenvalue weighted by molar-refractivity contribution is -0.0886. The molecule has 0 fully saturated rings. The van der Waals surface area contributed by atoms with Gasteiger partial charge < -0.3 is 9.47 Å². The lowest BCUT2D eigenvalue weighted by atomic mass is 9.59. The van der Waals surface area contributed by atoms with E-state index in [1.165, 1.54) is 0 Å². The summed E-state index contributed by atoms with van der Waals surface area (Å²) >= 11 is 0. The van der Waals surface area contributed by atoms with E-state index in [0.717, 1.165) is 0 Å². The minimum Gasteiger partial charge on any atom is -0.490 e. The highest BCUT2D eigenvalue weighted by Crippen LogP contribution is 2.50. The highest BCUT2D eigenvalue weighted by Gasteiger charge is 2.51. The van der Waals surface area contributed by atoms with Crippen LogP contribution in [0.4, 0.5) is 0 Å². The Morgan fingerprint density at radius 1 is 1.05 bits per heavy atom. The largest absolute Gasteiger partial charge is 0.490 e. The summed E-state index contributed by atoms with van der Waals surface area (Å²) in [5, 5.41) is 0. The second-order valence-electron chi connectivity index (χ2n) is 7.32. The third-order valence-corrected chi connectivity index (χ3v) is 3.60. The molecule has 0 spiro atoms. The van der Waals surface area contributed by atoms with Crippen LogP contribution in [0.15, 0.2) is 37.1 Å². The Bertz CT molecular complexity index is 353. The first-order valence-electron chi connectivity index (χ1n) is 7.11. The summed E-state index contributed by atoms with van der Waals surface area (Å²) in [6.45, 7) is 17.2. The van der Waals surface area contributed by atoms with Gasteiger partial charge in [-0.3, -0.25) is 0 Å². The molecule has 0 aromatic heterocycles. The number of hydrogen-bond donors (Lipinski definition) is 0. The molecule has 0 saturated carbocycles. The van der Waals surface area contributed by atoms with Crippen LogP contribution in [0.3, 0.4) is 0 Å². The van der Waals surface area contributed by atoms with E-state index >= 15 is 0 Å². The second-order valence-corrected chi connectivity index (χ2v) is 7.32. The van der Waals surface area contributed by atoms with Crippen molar-refractivity contribution in [1.29, 1.82) is 0 Å². The molecule has 0 heterocycles. The van der Waals surface area contributed by atoms with Crippen molar-refractivity contribution in [3.63, 3.8) is 0 Å². The van der Waals surface area contributed by atoms with Crippen molar-refractivity contribution in [3.8, 4) is 0 Å². The molecular formula is C18H32O2. The van der Waals surface area contributed by atoms with Gasteiger partial charge in [-0.1, -0.05) is 66.3 Å². The van der Waals surface area contributed by atoms with Crippen LogP contribution in [-0.4, -0.2) is 19.8 Å². The molecule has 0 saturated heterocycles. The minimum atomic E-state index is -0.318. The smallest absolute Gasteiger partial charge is 0.138 e. The Kier molecular flexibility index (Phi) is 6.76. The molecule has 0 amide bonds. The monoisotopic (exact) mass is 280 g/mol. The third-order valence-electron chi connectivity index (χ3n) is 3.60. The van der Waals surface area contributed by atoms with Gasteiger partial charge in [-0.15, -0.1) is 0 Å². The fraction of sp³-hybridized carbons (Fsp3) is 0.667. The molecule has 2 heteroatoms. The molecule has 0 aliphatic heterocycles. The molecular weight excluding hydrogens is 248 g/mol. The minimum absolute atomic E-state index is 0.0143. The Morgan fingerprint density at radius 2 is 1.55 bits per heavy atom. The summed E-state index contributed by atoms with van der Waals surface area (Å²) in [5.74, 6) is 0.331. The van der Waals surface area contributed by atoms with E-state index in [-0.39, 0.29) is 16.4 Å². The van der Waals surface area contributed by atoms with Gasteiger partial charge in [0.15, 0.2) is 0 Å². The molecule has 1 aliphatic rings. The average Bonchev–Trinajstić information content (AvgIpc) is 2.28. The van der Waals surface area contributed by atoms with E-state index in [2.05, 4.69) is 77.2 Å². The normalized spacial score (nSPS) is 25.7. The van der Waals surface area contributed by atoms with Crippen LogP contribution in [0.25, 0.3) is 0 Å². The van der Waals surface area contributed by atoms with Gasteiger partial charge in [-0.05, 0) is 11.5 Å². The van der Waals surface area contributed by atoms with Gasteiger partial charge in [-0.25, -0.2) is 0 Å². The van der Waals surface area contributed by atoms with Crippen molar-refractivity contribution in [2.75, 3.05) is 14.2 Å². The fourth-order valence-electron chi connectivity index (χ4n) is 2.70. The van der Waals surface area contributed by atoms with Crippen LogP contribution in [-0.2, 0) is 9.47 Å². The zero-order chi connectivity index (χ0) is 16.0. The van der Waals surface area contributed by atoms with Crippen molar-refractivity contribution < 1.29 is 9.47 Å². The first-order chi connectivity index (χ1) is 9.06. The number of methoxy groups -OCH3 is 1. The van der Waals surface area contributed by atoms with Crippen LogP contribution in [0.5, 0.6) is 0 Å². The van der Waals surface area contributed by atoms with Crippen LogP contribution in [0.2, 0.25) is 0 Å².